The highest BCUT2D eigenvalue weighted by atomic mass is 127. The number of hydrogen-bond acceptors (Lipinski definition) is 3. The van der Waals surface area contributed by atoms with Gasteiger partial charge in [-0.05, 0) is 39.2 Å². The maximum atomic E-state index is 6.06. The van der Waals surface area contributed by atoms with Gasteiger partial charge in [0.2, 0.25) is 0 Å². The van der Waals surface area contributed by atoms with Gasteiger partial charge in [-0.1, -0.05) is 18.2 Å². The minimum Gasteiger partial charge on any atom is -0.490 e. The van der Waals surface area contributed by atoms with E-state index in [0.717, 1.165) is 37.0 Å². The first-order valence-corrected chi connectivity index (χ1v) is 8.68. The SMILES string of the molecule is CCNC(=NCc1ccccc1OC1CCC1)NCCOCC.I. The van der Waals surface area contributed by atoms with Crippen LogP contribution in [0.25, 0.3) is 0 Å². The molecule has 2 rings (SSSR count). The van der Waals surface area contributed by atoms with E-state index in [9.17, 15) is 0 Å². The Morgan fingerprint density at radius 2 is 2.00 bits per heavy atom. The third-order valence-electron chi connectivity index (χ3n) is 3.81. The van der Waals surface area contributed by atoms with Crippen molar-refractivity contribution in [3.8, 4) is 5.75 Å². The Labute approximate surface area is 162 Å². The fourth-order valence-electron chi connectivity index (χ4n) is 2.31. The van der Waals surface area contributed by atoms with Gasteiger partial charge in [0.1, 0.15) is 5.75 Å². The standard InChI is InChI=1S/C18H29N3O2.HI/c1-3-19-18(20-12-13-22-4-2)21-14-15-8-5-6-11-17(15)23-16-9-7-10-16;/h5-6,8,11,16H,3-4,7,9-10,12-14H2,1-2H3,(H2,19,20,21);1H. The third-order valence-corrected chi connectivity index (χ3v) is 3.81. The summed E-state index contributed by atoms with van der Waals surface area (Å²) < 4.78 is 11.4. The van der Waals surface area contributed by atoms with E-state index in [2.05, 4.69) is 28.6 Å². The molecule has 0 aromatic heterocycles. The molecule has 1 fully saturated rings. The van der Waals surface area contributed by atoms with Crippen LogP contribution in [0.2, 0.25) is 0 Å². The molecule has 0 spiro atoms. The Morgan fingerprint density at radius 3 is 2.67 bits per heavy atom. The smallest absolute Gasteiger partial charge is 0.191 e. The van der Waals surface area contributed by atoms with Gasteiger partial charge in [-0.3, -0.25) is 0 Å². The fraction of sp³-hybridized carbons (Fsp3) is 0.611. The number of guanidine groups is 1. The zero-order chi connectivity index (χ0) is 16.3. The number of benzene rings is 1. The average molecular weight is 447 g/mol. The van der Waals surface area contributed by atoms with Gasteiger partial charge in [0, 0.05) is 25.3 Å². The highest BCUT2D eigenvalue weighted by Gasteiger charge is 2.20. The summed E-state index contributed by atoms with van der Waals surface area (Å²) in [6, 6.07) is 8.18. The Kier molecular flexibility index (Phi) is 10.8. The molecule has 24 heavy (non-hydrogen) atoms. The quantitative estimate of drug-likeness (QED) is 0.264. The summed E-state index contributed by atoms with van der Waals surface area (Å²) in [5.74, 6) is 1.77. The highest BCUT2D eigenvalue weighted by Crippen LogP contribution is 2.27. The molecule has 0 heterocycles. The minimum absolute atomic E-state index is 0. The normalized spacial score (nSPS) is 14.5. The maximum Gasteiger partial charge on any atom is 0.191 e. The molecule has 0 radical (unpaired) electrons. The lowest BCUT2D eigenvalue weighted by molar-refractivity contribution is 0.119. The molecule has 0 atom stereocenters. The van der Waals surface area contributed by atoms with Gasteiger partial charge in [0.15, 0.2) is 5.96 Å². The molecular weight excluding hydrogens is 417 g/mol. The van der Waals surface area contributed by atoms with Gasteiger partial charge in [-0.25, -0.2) is 4.99 Å². The van der Waals surface area contributed by atoms with Crippen LogP contribution in [0, 0.1) is 0 Å². The molecule has 0 amide bonds. The van der Waals surface area contributed by atoms with E-state index in [0.29, 0.717) is 19.3 Å². The minimum atomic E-state index is 0. The van der Waals surface area contributed by atoms with Gasteiger partial charge in [-0.15, -0.1) is 24.0 Å². The molecule has 1 aromatic carbocycles. The van der Waals surface area contributed by atoms with Crippen molar-refractivity contribution in [1.82, 2.24) is 10.6 Å². The molecule has 1 aliphatic carbocycles. The molecule has 0 saturated heterocycles. The molecule has 6 heteroatoms. The van der Waals surface area contributed by atoms with E-state index in [1.54, 1.807) is 0 Å². The summed E-state index contributed by atoms with van der Waals surface area (Å²) in [6.45, 7) is 7.67. The summed E-state index contributed by atoms with van der Waals surface area (Å²) in [4.78, 5) is 4.65. The predicted molar refractivity (Wildman–Crippen MR) is 109 cm³/mol. The number of rotatable bonds is 9. The largest absolute Gasteiger partial charge is 0.490 e. The molecule has 1 aliphatic rings. The first kappa shape index (κ1) is 21.0. The Hall–Kier alpha value is -1.02. The second-order valence-corrected chi connectivity index (χ2v) is 5.60. The zero-order valence-corrected chi connectivity index (χ0v) is 17.0. The Morgan fingerprint density at radius 1 is 1.21 bits per heavy atom. The van der Waals surface area contributed by atoms with E-state index in [1.807, 2.05) is 25.1 Å². The van der Waals surface area contributed by atoms with Gasteiger partial charge in [0.25, 0.3) is 0 Å². The van der Waals surface area contributed by atoms with Crippen molar-refractivity contribution in [3.63, 3.8) is 0 Å². The number of aliphatic imine (C=N–C) groups is 1. The van der Waals surface area contributed by atoms with Gasteiger partial charge >= 0.3 is 0 Å². The summed E-state index contributed by atoms with van der Waals surface area (Å²) in [5, 5.41) is 6.54. The van der Waals surface area contributed by atoms with E-state index >= 15 is 0 Å². The van der Waals surface area contributed by atoms with Crippen LogP contribution in [0.1, 0.15) is 38.7 Å². The number of ether oxygens (including phenoxy) is 2. The molecule has 5 nitrogen and oxygen atoms in total. The van der Waals surface area contributed by atoms with E-state index in [4.69, 9.17) is 9.47 Å². The lowest BCUT2D eigenvalue weighted by Crippen LogP contribution is -2.39. The molecule has 0 bridgehead atoms. The molecule has 1 aromatic rings. The second kappa shape index (κ2) is 12.4. The zero-order valence-electron chi connectivity index (χ0n) is 14.7. The van der Waals surface area contributed by atoms with Gasteiger partial charge in [-0.2, -0.15) is 0 Å². The monoisotopic (exact) mass is 447 g/mol. The van der Waals surface area contributed by atoms with Crippen molar-refractivity contribution in [3.05, 3.63) is 29.8 Å². The van der Waals surface area contributed by atoms with Crippen LogP contribution in [-0.4, -0.2) is 38.4 Å². The van der Waals surface area contributed by atoms with E-state index < -0.39 is 0 Å². The lowest BCUT2D eigenvalue weighted by Gasteiger charge is -2.27. The number of hydrogen-bond donors (Lipinski definition) is 2. The van der Waals surface area contributed by atoms with Crippen molar-refractivity contribution in [1.29, 1.82) is 0 Å². The Bertz CT molecular complexity index is 493. The van der Waals surface area contributed by atoms with Crippen LogP contribution >= 0.6 is 24.0 Å². The first-order chi connectivity index (χ1) is 11.3. The van der Waals surface area contributed by atoms with Crippen molar-refractivity contribution >= 4 is 29.9 Å². The molecule has 2 N–H and O–H groups in total. The van der Waals surface area contributed by atoms with Crippen LogP contribution < -0.4 is 15.4 Å². The molecule has 0 aliphatic heterocycles. The Balaban J connectivity index is 0.00000288. The fourth-order valence-corrected chi connectivity index (χ4v) is 2.31. The van der Waals surface area contributed by atoms with Gasteiger partial charge in [0.05, 0.1) is 19.3 Å². The summed E-state index contributed by atoms with van der Waals surface area (Å²) in [6.07, 6.45) is 4.00. The molecule has 136 valence electrons. The van der Waals surface area contributed by atoms with Crippen LogP contribution in [-0.2, 0) is 11.3 Å². The van der Waals surface area contributed by atoms with Crippen LogP contribution in [0.4, 0.5) is 0 Å². The molecular formula is C18H30IN3O2. The summed E-state index contributed by atoms with van der Waals surface area (Å²) in [7, 11) is 0. The number of halogens is 1. The van der Waals surface area contributed by atoms with E-state index in [-0.39, 0.29) is 24.0 Å². The third kappa shape index (κ3) is 7.25. The lowest BCUT2D eigenvalue weighted by atomic mass is 9.96. The molecule has 0 unspecified atom stereocenters. The summed E-state index contributed by atoms with van der Waals surface area (Å²) >= 11 is 0. The predicted octanol–water partition coefficient (Wildman–Crippen LogP) is 3.33. The van der Waals surface area contributed by atoms with Crippen LogP contribution in [0.15, 0.2) is 29.3 Å². The van der Waals surface area contributed by atoms with Crippen molar-refractivity contribution in [2.75, 3.05) is 26.3 Å². The number of para-hydroxylation sites is 1. The van der Waals surface area contributed by atoms with Crippen LogP contribution in [0.5, 0.6) is 5.75 Å². The highest BCUT2D eigenvalue weighted by molar-refractivity contribution is 14.0. The second-order valence-electron chi connectivity index (χ2n) is 5.60. The van der Waals surface area contributed by atoms with Crippen molar-refractivity contribution in [2.45, 2.75) is 45.8 Å². The first-order valence-electron chi connectivity index (χ1n) is 8.68. The van der Waals surface area contributed by atoms with Crippen molar-refractivity contribution < 1.29 is 9.47 Å². The number of nitrogens with zero attached hydrogens (tertiary/aromatic N) is 1. The van der Waals surface area contributed by atoms with Crippen molar-refractivity contribution in [2.24, 2.45) is 4.99 Å². The topological polar surface area (TPSA) is 54.9 Å². The maximum absolute atomic E-state index is 6.06. The van der Waals surface area contributed by atoms with Crippen LogP contribution in [0.3, 0.4) is 0 Å². The number of nitrogens with one attached hydrogen (secondary N) is 2. The van der Waals surface area contributed by atoms with E-state index in [1.165, 1.54) is 19.3 Å². The van der Waals surface area contributed by atoms with Gasteiger partial charge < -0.3 is 20.1 Å². The molecule has 1 saturated carbocycles. The average Bonchev–Trinajstić information content (AvgIpc) is 2.53. The summed E-state index contributed by atoms with van der Waals surface area (Å²) in [5.41, 5.74) is 1.13.